The summed E-state index contributed by atoms with van der Waals surface area (Å²) >= 11 is 5.99. The van der Waals surface area contributed by atoms with Crippen LogP contribution in [0.25, 0.3) is 0 Å². The zero-order chi connectivity index (χ0) is 7.54. The van der Waals surface area contributed by atoms with Gasteiger partial charge in [-0.25, -0.2) is 0 Å². The van der Waals surface area contributed by atoms with Crippen LogP contribution in [0.1, 0.15) is 19.8 Å². The Bertz CT molecular complexity index is 39.8. The van der Waals surface area contributed by atoms with Crippen LogP contribution in [0.5, 0.6) is 0 Å². The number of aliphatic hydroxyl groups is 1. The molecule has 0 aromatic heterocycles. The van der Waals surface area contributed by atoms with Gasteiger partial charge in [0.2, 0.25) is 0 Å². The van der Waals surface area contributed by atoms with E-state index < -0.39 is 0 Å². The second-order valence-electron chi connectivity index (χ2n) is 1.53. The summed E-state index contributed by atoms with van der Waals surface area (Å²) in [4.78, 5) is 0. The van der Waals surface area contributed by atoms with Gasteiger partial charge in [-0.05, 0) is 0 Å². The molecule has 1 N–H and O–H groups in total. The van der Waals surface area contributed by atoms with E-state index >= 15 is 0 Å². The molecule has 0 aromatic rings. The first-order valence-electron chi connectivity index (χ1n) is 3.17. The molecule has 0 atom stereocenters. The van der Waals surface area contributed by atoms with Crippen molar-refractivity contribution in [2.45, 2.75) is 24.2 Å². The summed E-state index contributed by atoms with van der Waals surface area (Å²) in [7, 11) is 0. The van der Waals surface area contributed by atoms with Crippen LogP contribution in [-0.2, 0) is 12.6 Å². The fourth-order valence-electron chi connectivity index (χ4n) is 0.177. The Morgan fingerprint density at radius 2 is 1.73 bits per heavy atom. The number of rotatable bonds is 3. The van der Waals surface area contributed by atoms with Crippen molar-refractivity contribution >= 4 is 35.2 Å². The second-order valence-corrected chi connectivity index (χ2v) is 3.37. The zero-order valence-electron chi connectivity index (χ0n) is 6.65. The molecule has 5 heteroatoms. The molecular weight excluding hydrogens is 310 g/mol. The van der Waals surface area contributed by atoms with E-state index in [0.717, 1.165) is 0 Å². The van der Waals surface area contributed by atoms with Crippen molar-refractivity contribution in [3.8, 4) is 0 Å². The van der Waals surface area contributed by atoms with Gasteiger partial charge in [0, 0.05) is 6.61 Å². The van der Waals surface area contributed by atoms with Gasteiger partial charge in [0.15, 0.2) is 0 Å². The van der Waals surface area contributed by atoms with Crippen LogP contribution in [-0.4, -0.2) is 40.0 Å². The Labute approximate surface area is 101 Å². The molecule has 0 aliphatic heterocycles. The molecule has 0 aliphatic carbocycles. The van der Waals surface area contributed by atoms with Crippen LogP contribution in [0.15, 0.2) is 0 Å². The summed E-state index contributed by atoms with van der Waals surface area (Å²) in [6.45, 7) is 2.36. The quantitative estimate of drug-likeness (QED) is 0.414. The fourth-order valence-corrected chi connectivity index (χ4v) is 1.19. The van der Waals surface area contributed by atoms with Crippen molar-refractivity contribution in [1.29, 1.82) is 0 Å². The molecular formula is C6H14Cl2OSSn. The molecule has 0 aromatic carbocycles. The Morgan fingerprint density at radius 3 is 1.73 bits per heavy atom. The van der Waals surface area contributed by atoms with Crippen molar-refractivity contribution in [2.24, 2.45) is 0 Å². The van der Waals surface area contributed by atoms with Gasteiger partial charge in [-0.2, -0.15) is 5.75 Å². The van der Waals surface area contributed by atoms with E-state index in [-0.39, 0.29) is 31.4 Å². The van der Waals surface area contributed by atoms with Crippen molar-refractivity contribution in [3.05, 3.63) is 0 Å². The summed E-state index contributed by atoms with van der Waals surface area (Å²) in [6, 6.07) is 0. The average molecular weight is 324 g/mol. The zero-order valence-corrected chi connectivity index (χ0v) is 11.8. The standard InChI is InChI=1S/C4H9.C2H6OS.2ClH.Sn/c1-3-4-2;3-1-2-4;;;/h1,3-4H2,2H3;3-4H,1-2H2;2*1H;/q;;;;+3/p-3. The van der Waals surface area contributed by atoms with Gasteiger partial charge in [-0.1, -0.05) is 0 Å². The number of aliphatic hydroxyl groups excluding tert-OH is 1. The first-order valence-corrected chi connectivity index (χ1v) is 5.76. The van der Waals surface area contributed by atoms with Gasteiger partial charge in [0.25, 0.3) is 0 Å². The Kier molecular flexibility index (Phi) is 62.3. The van der Waals surface area contributed by atoms with Gasteiger partial charge in [0.05, 0.1) is 0 Å². The van der Waals surface area contributed by atoms with E-state index in [2.05, 4.69) is 19.6 Å². The minimum Gasteiger partial charge on any atom is -1.00 e. The predicted octanol–water partition coefficient (Wildman–Crippen LogP) is -5.09. The molecule has 0 rings (SSSR count). The van der Waals surface area contributed by atoms with Crippen molar-refractivity contribution in [1.82, 2.24) is 0 Å². The predicted molar refractivity (Wildman–Crippen MR) is 44.8 cm³/mol. The largest absolute Gasteiger partial charge is 1.00 e. The van der Waals surface area contributed by atoms with Crippen molar-refractivity contribution in [2.75, 3.05) is 12.4 Å². The summed E-state index contributed by atoms with van der Waals surface area (Å²) in [5.74, 6) is 0.458. The maximum Gasteiger partial charge on any atom is 0.0213 e. The molecule has 0 aliphatic rings. The third-order valence-electron chi connectivity index (χ3n) is 0.622. The summed E-state index contributed by atoms with van der Waals surface area (Å²) in [5, 5.41) is 7.77. The number of unbranched alkanes of at least 4 members (excludes halogenated alkanes) is 1. The van der Waals surface area contributed by atoms with Gasteiger partial charge in [-0.15, -0.1) is 0 Å². The van der Waals surface area contributed by atoms with Crippen LogP contribution >= 0.6 is 0 Å². The monoisotopic (exact) mass is 324 g/mol. The second kappa shape index (κ2) is 29.8. The molecule has 11 heavy (non-hydrogen) atoms. The first kappa shape index (κ1) is 23.0. The van der Waals surface area contributed by atoms with Gasteiger partial charge in [-0.3, -0.25) is 0 Å². The summed E-state index contributed by atoms with van der Waals surface area (Å²) < 4.78 is 1.43. The fraction of sp³-hybridized carbons (Fsp3) is 1.00. The number of hydrogen-bond donors (Lipinski definition) is 1. The normalized spacial score (nSPS) is 6.64. The van der Waals surface area contributed by atoms with Gasteiger partial charge >= 0.3 is 46.7 Å². The molecule has 68 valence electrons. The maximum atomic E-state index is 7.77. The third-order valence-corrected chi connectivity index (χ3v) is 1.81. The summed E-state index contributed by atoms with van der Waals surface area (Å²) in [6.07, 6.45) is 2.80. The van der Waals surface area contributed by atoms with E-state index in [1.54, 1.807) is 22.5 Å². The van der Waals surface area contributed by atoms with E-state index in [1.807, 2.05) is 0 Å². The molecule has 0 saturated carbocycles. The van der Waals surface area contributed by atoms with E-state index in [0.29, 0.717) is 5.75 Å². The molecule has 1 nitrogen and oxygen atoms in total. The SMILES string of the molecule is CCC[CH2][Sn+3].OCC[S-].[Cl-].[Cl-]. The minimum atomic E-state index is 0. The number of hydrogen-bond acceptors (Lipinski definition) is 2. The van der Waals surface area contributed by atoms with E-state index in [1.165, 1.54) is 17.3 Å². The number of halogens is 2. The van der Waals surface area contributed by atoms with Gasteiger partial charge in [0.1, 0.15) is 0 Å². The van der Waals surface area contributed by atoms with E-state index in [9.17, 15) is 0 Å². The van der Waals surface area contributed by atoms with Crippen LogP contribution < -0.4 is 24.8 Å². The Balaban J connectivity index is -0.0000000383. The molecule has 0 bridgehead atoms. The van der Waals surface area contributed by atoms with Crippen LogP contribution in [0.2, 0.25) is 4.44 Å². The Morgan fingerprint density at radius 1 is 1.36 bits per heavy atom. The smallest absolute Gasteiger partial charge is 0.0213 e. The molecule has 0 heterocycles. The van der Waals surface area contributed by atoms with Crippen LogP contribution in [0.3, 0.4) is 0 Å². The van der Waals surface area contributed by atoms with Crippen molar-refractivity contribution in [3.63, 3.8) is 0 Å². The molecule has 0 fully saturated rings. The molecule has 0 radical (unpaired) electrons. The average Bonchev–Trinajstić information content (AvgIpc) is 1.91. The molecule has 0 amide bonds. The van der Waals surface area contributed by atoms with Gasteiger partial charge < -0.3 is 42.5 Å². The minimum absolute atomic E-state index is 0. The van der Waals surface area contributed by atoms with Crippen molar-refractivity contribution < 1.29 is 29.9 Å². The maximum absolute atomic E-state index is 7.77. The van der Waals surface area contributed by atoms with Crippen LogP contribution in [0.4, 0.5) is 0 Å². The summed E-state index contributed by atoms with van der Waals surface area (Å²) in [5.41, 5.74) is 0. The molecule has 0 unspecified atom stereocenters. The van der Waals surface area contributed by atoms with Crippen LogP contribution in [0, 0.1) is 0 Å². The molecule has 0 spiro atoms. The third kappa shape index (κ3) is 49.9. The topological polar surface area (TPSA) is 20.2 Å². The van der Waals surface area contributed by atoms with E-state index in [4.69, 9.17) is 5.11 Å². The molecule has 0 saturated heterocycles. The Hall–Kier alpha value is 1.69. The first-order chi connectivity index (χ1) is 4.33.